The first-order valence-corrected chi connectivity index (χ1v) is 9.60. The van der Waals surface area contributed by atoms with Crippen LogP contribution in [0.3, 0.4) is 0 Å². The monoisotopic (exact) mass is 426 g/mol. The third-order valence-electron chi connectivity index (χ3n) is 4.66. The minimum absolute atomic E-state index is 0.183. The van der Waals surface area contributed by atoms with Gasteiger partial charge in [0, 0.05) is 17.5 Å². The van der Waals surface area contributed by atoms with E-state index in [0.717, 1.165) is 10.1 Å². The number of H-pyrrole nitrogens is 1. The van der Waals surface area contributed by atoms with Gasteiger partial charge in [0.15, 0.2) is 5.78 Å². The number of Topliss-reactive ketones (excluding diaryl/α,β-unsaturated/α-hetero) is 1. The Morgan fingerprint density at radius 3 is 2.30 bits per heavy atom. The average Bonchev–Trinajstić information content (AvgIpc) is 2.71. The Morgan fingerprint density at radius 1 is 1.03 bits per heavy atom. The summed E-state index contributed by atoms with van der Waals surface area (Å²) in [5.41, 5.74) is 0.307. The lowest BCUT2D eigenvalue weighted by Crippen LogP contribution is -2.37. The maximum absolute atomic E-state index is 12.4. The van der Waals surface area contributed by atoms with Gasteiger partial charge >= 0.3 is 11.7 Å². The molecule has 0 bridgehead atoms. The summed E-state index contributed by atoms with van der Waals surface area (Å²) in [6.45, 7) is -0.492. The van der Waals surface area contributed by atoms with Gasteiger partial charge < -0.3 is 10.1 Å². The average molecular weight is 427 g/mol. The quantitative estimate of drug-likeness (QED) is 0.575. The fourth-order valence-corrected chi connectivity index (χ4v) is 3.24. The first kappa shape index (κ1) is 21.3. The molecule has 7 nitrogen and oxygen atoms in total. The van der Waals surface area contributed by atoms with Gasteiger partial charge in [0.25, 0.3) is 5.56 Å². The molecule has 0 aliphatic rings. The van der Waals surface area contributed by atoms with Crippen LogP contribution < -0.4 is 11.2 Å². The number of aromatic amines is 1. The third-order valence-corrected chi connectivity index (χ3v) is 4.91. The smallest absolute Gasteiger partial charge is 0.329 e. The van der Waals surface area contributed by atoms with Crippen molar-refractivity contribution in [3.05, 3.63) is 92.1 Å². The second kappa shape index (κ2) is 9.37. The number of ketones is 1. The van der Waals surface area contributed by atoms with Crippen molar-refractivity contribution in [1.82, 2.24) is 9.55 Å². The molecule has 2 N–H and O–H groups in total. The highest BCUT2D eigenvalue weighted by Gasteiger charge is 2.22. The normalized spacial score (nSPS) is 11.8. The van der Waals surface area contributed by atoms with E-state index in [2.05, 4.69) is 4.98 Å². The van der Waals surface area contributed by atoms with Crippen molar-refractivity contribution >= 4 is 23.4 Å². The molecule has 0 fully saturated rings. The molecule has 0 saturated carbocycles. The summed E-state index contributed by atoms with van der Waals surface area (Å²) in [6, 6.07) is 16.7. The highest BCUT2D eigenvalue weighted by Crippen LogP contribution is 2.17. The molecule has 0 aliphatic carbocycles. The zero-order valence-electron chi connectivity index (χ0n) is 15.9. The van der Waals surface area contributed by atoms with E-state index >= 15 is 0 Å². The van der Waals surface area contributed by atoms with Crippen molar-refractivity contribution in [1.29, 1.82) is 0 Å². The van der Waals surface area contributed by atoms with Crippen LogP contribution in [0.1, 0.15) is 12.0 Å². The van der Waals surface area contributed by atoms with E-state index < -0.39 is 35.5 Å². The Balaban J connectivity index is 1.75. The first-order chi connectivity index (χ1) is 14.3. The van der Waals surface area contributed by atoms with E-state index in [0.29, 0.717) is 16.3 Å². The molecule has 1 atom stereocenters. The summed E-state index contributed by atoms with van der Waals surface area (Å²) < 4.78 is 0.767. The van der Waals surface area contributed by atoms with Crippen LogP contribution in [0.4, 0.5) is 0 Å². The molecule has 2 aromatic carbocycles. The van der Waals surface area contributed by atoms with Gasteiger partial charge in [-0.05, 0) is 29.7 Å². The molecule has 1 heterocycles. The predicted octanol–water partition coefficient (Wildman–Crippen LogP) is 2.76. The zero-order chi connectivity index (χ0) is 21.7. The molecule has 0 radical (unpaired) electrons. The lowest BCUT2D eigenvalue weighted by Gasteiger charge is -2.12. The molecule has 0 saturated heterocycles. The summed E-state index contributed by atoms with van der Waals surface area (Å²) >= 11 is 5.84. The molecule has 3 rings (SSSR count). The number of aromatic nitrogens is 2. The van der Waals surface area contributed by atoms with E-state index in [1.54, 1.807) is 48.5 Å². The molecule has 154 valence electrons. The Kier molecular flexibility index (Phi) is 6.64. The van der Waals surface area contributed by atoms with E-state index in [1.165, 1.54) is 6.07 Å². The van der Waals surface area contributed by atoms with Gasteiger partial charge in [-0.2, -0.15) is 0 Å². The minimum Gasteiger partial charge on any atom is -0.481 e. The van der Waals surface area contributed by atoms with Gasteiger partial charge in [-0.3, -0.25) is 19.0 Å². The number of nitrogens with one attached hydrogen (secondary N) is 1. The largest absolute Gasteiger partial charge is 0.481 e. The van der Waals surface area contributed by atoms with Crippen molar-refractivity contribution in [3.63, 3.8) is 0 Å². The molecule has 1 unspecified atom stereocenters. The van der Waals surface area contributed by atoms with Crippen molar-refractivity contribution in [2.75, 3.05) is 0 Å². The summed E-state index contributed by atoms with van der Waals surface area (Å²) in [7, 11) is 0. The zero-order valence-corrected chi connectivity index (χ0v) is 16.6. The van der Waals surface area contributed by atoms with Crippen LogP contribution in [0.25, 0.3) is 11.3 Å². The number of benzene rings is 2. The van der Waals surface area contributed by atoms with Gasteiger partial charge in [0.2, 0.25) is 0 Å². The first-order valence-electron chi connectivity index (χ1n) is 9.22. The Hall–Kier alpha value is -3.45. The van der Waals surface area contributed by atoms with E-state index in [-0.39, 0.29) is 12.8 Å². The van der Waals surface area contributed by atoms with Crippen LogP contribution in [-0.4, -0.2) is 26.4 Å². The second-order valence-corrected chi connectivity index (χ2v) is 7.32. The van der Waals surface area contributed by atoms with E-state index in [9.17, 15) is 24.3 Å². The molecule has 0 aliphatic heterocycles. The van der Waals surface area contributed by atoms with Gasteiger partial charge in [-0.25, -0.2) is 4.79 Å². The van der Waals surface area contributed by atoms with E-state index in [1.807, 2.05) is 6.07 Å². The number of halogens is 1. The van der Waals surface area contributed by atoms with Gasteiger partial charge in [0.05, 0.1) is 18.2 Å². The predicted molar refractivity (Wildman–Crippen MR) is 113 cm³/mol. The standard InChI is InChI=1S/C22H19ClN2O5/c23-17-8-6-15(7-9-17)19-12-20(27)25(22(30)24-19)13-18(26)11-16(21(28)29)10-14-4-2-1-3-5-14/h1-9,12,16H,10-11,13H2,(H,24,30)(H,28,29). The fourth-order valence-electron chi connectivity index (χ4n) is 3.12. The maximum atomic E-state index is 12.4. The van der Waals surface area contributed by atoms with Crippen LogP contribution >= 0.6 is 11.6 Å². The molecule has 0 amide bonds. The number of rotatable bonds is 8. The highest BCUT2D eigenvalue weighted by atomic mass is 35.5. The summed E-state index contributed by atoms with van der Waals surface area (Å²) in [6.07, 6.45) is -0.0995. The lowest BCUT2D eigenvalue weighted by atomic mass is 9.94. The fraction of sp³-hybridized carbons (Fsp3) is 0.182. The van der Waals surface area contributed by atoms with Crippen LogP contribution in [0, 0.1) is 5.92 Å². The van der Waals surface area contributed by atoms with Crippen LogP contribution in [0.15, 0.2) is 70.3 Å². The van der Waals surface area contributed by atoms with Gasteiger partial charge in [0.1, 0.15) is 0 Å². The SMILES string of the molecule is O=C(CC(Cc1ccccc1)C(=O)O)Cn1c(=O)cc(-c2ccc(Cl)cc2)[nH]c1=O. The molecule has 1 aromatic heterocycles. The topological polar surface area (TPSA) is 109 Å². The number of nitrogens with zero attached hydrogens (tertiary/aromatic N) is 1. The molecule has 0 spiro atoms. The number of carboxylic acid groups (broad SMARTS) is 1. The number of carboxylic acids is 1. The lowest BCUT2D eigenvalue weighted by molar-refractivity contribution is -0.143. The van der Waals surface area contributed by atoms with Crippen LogP contribution in [0.5, 0.6) is 0 Å². The second-order valence-electron chi connectivity index (χ2n) is 6.89. The number of hydrogen-bond donors (Lipinski definition) is 2. The number of carbonyl (C=O) groups excluding carboxylic acids is 1. The van der Waals surface area contributed by atoms with Crippen molar-refractivity contribution in [3.8, 4) is 11.3 Å². The van der Waals surface area contributed by atoms with Crippen LogP contribution in [0.2, 0.25) is 5.02 Å². The van der Waals surface area contributed by atoms with Crippen molar-refractivity contribution < 1.29 is 14.7 Å². The van der Waals surface area contributed by atoms with Crippen LogP contribution in [-0.2, 0) is 22.6 Å². The summed E-state index contributed by atoms with van der Waals surface area (Å²) in [4.78, 5) is 51.3. The van der Waals surface area contributed by atoms with Crippen molar-refractivity contribution in [2.45, 2.75) is 19.4 Å². The highest BCUT2D eigenvalue weighted by molar-refractivity contribution is 6.30. The van der Waals surface area contributed by atoms with Gasteiger partial charge in [-0.15, -0.1) is 0 Å². The third kappa shape index (κ3) is 5.33. The Morgan fingerprint density at radius 2 is 1.70 bits per heavy atom. The molecule has 30 heavy (non-hydrogen) atoms. The Labute approximate surface area is 176 Å². The van der Waals surface area contributed by atoms with Crippen molar-refractivity contribution in [2.24, 2.45) is 5.92 Å². The summed E-state index contributed by atoms with van der Waals surface area (Å²) in [5.74, 6) is -2.56. The molecular formula is C22H19ClN2O5. The number of aliphatic carboxylic acids is 1. The molecule has 3 aromatic rings. The molecule has 8 heteroatoms. The number of hydrogen-bond acceptors (Lipinski definition) is 4. The number of carbonyl (C=O) groups is 2. The summed E-state index contributed by atoms with van der Waals surface area (Å²) in [5, 5.41) is 9.96. The maximum Gasteiger partial charge on any atom is 0.329 e. The molecular weight excluding hydrogens is 408 g/mol. The van der Waals surface area contributed by atoms with Gasteiger partial charge in [-0.1, -0.05) is 54.1 Å². The van der Waals surface area contributed by atoms with E-state index in [4.69, 9.17) is 11.6 Å². The minimum atomic E-state index is -1.11. The Bertz CT molecular complexity index is 1140.